The highest BCUT2D eigenvalue weighted by Gasteiger charge is 2.22. The first-order valence-corrected chi connectivity index (χ1v) is 6.41. The van der Waals surface area contributed by atoms with Crippen molar-refractivity contribution in [1.82, 2.24) is 15.3 Å². The van der Waals surface area contributed by atoms with Gasteiger partial charge >= 0.3 is 5.97 Å². The number of hydrogen-bond donors (Lipinski definition) is 2. The highest BCUT2D eigenvalue weighted by atomic mass is 16.6. The first-order chi connectivity index (χ1) is 10.6. The van der Waals surface area contributed by atoms with Crippen LogP contribution in [-0.4, -0.2) is 34.3 Å². The van der Waals surface area contributed by atoms with Gasteiger partial charge in [-0.2, -0.15) is 0 Å². The molecular formula is C14H12N4O4. The fourth-order valence-corrected chi connectivity index (χ4v) is 2.14. The van der Waals surface area contributed by atoms with Crippen molar-refractivity contribution in [3.05, 3.63) is 41.3 Å². The summed E-state index contributed by atoms with van der Waals surface area (Å²) in [6, 6.07) is 7.19. The minimum atomic E-state index is -0.582. The summed E-state index contributed by atoms with van der Waals surface area (Å²) < 4.78 is 9.25. The number of hydrogen-bond acceptors (Lipinski definition) is 6. The summed E-state index contributed by atoms with van der Waals surface area (Å²) in [7, 11) is 1.27. The maximum atomic E-state index is 12.3. The number of nitrogens with one attached hydrogen (secondary N) is 2. The molecule has 0 spiro atoms. The van der Waals surface area contributed by atoms with Gasteiger partial charge < -0.3 is 15.0 Å². The van der Waals surface area contributed by atoms with Crippen LogP contribution in [0.3, 0.4) is 0 Å². The molecule has 1 aromatic carbocycles. The van der Waals surface area contributed by atoms with E-state index in [1.807, 2.05) is 6.07 Å². The van der Waals surface area contributed by atoms with E-state index in [2.05, 4.69) is 25.2 Å². The van der Waals surface area contributed by atoms with E-state index in [4.69, 9.17) is 4.74 Å². The second-order valence-electron chi connectivity index (χ2n) is 4.56. The molecule has 0 aliphatic rings. The zero-order valence-corrected chi connectivity index (χ0v) is 11.8. The van der Waals surface area contributed by atoms with Crippen molar-refractivity contribution in [3.63, 3.8) is 0 Å². The van der Waals surface area contributed by atoms with Crippen LogP contribution >= 0.6 is 0 Å². The fraction of sp³-hybridized carbons (Fsp3) is 0.143. The van der Waals surface area contributed by atoms with Gasteiger partial charge in [0.25, 0.3) is 5.91 Å². The Labute approximate surface area is 124 Å². The predicted octanol–water partition coefficient (Wildman–Crippen LogP) is 1.90. The lowest BCUT2D eigenvalue weighted by Crippen LogP contribution is -2.16. The van der Waals surface area contributed by atoms with Crippen LogP contribution in [0.5, 0.6) is 0 Å². The van der Waals surface area contributed by atoms with Crippen molar-refractivity contribution in [2.75, 3.05) is 12.4 Å². The number of carbonyl (C=O) groups excluding carboxylic acids is 2. The lowest BCUT2D eigenvalue weighted by Gasteiger charge is -2.04. The molecule has 2 N–H and O–H groups in total. The molecular weight excluding hydrogens is 288 g/mol. The maximum Gasteiger partial charge on any atom is 0.356 e. The van der Waals surface area contributed by atoms with Crippen molar-refractivity contribution in [2.45, 2.75) is 6.92 Å². The molecule has 0 aliphatic heterocycles. The molecule has 3 aromatic rings. The number of para-hydroxylation sites is 1. The number of H-pyrrole nitrogens is 1. The second kappa shape index (κ2) is 5.32. The Bertz CT molecular complexity index is 865. The summed E-state index contributed by atoms with van der Waals surface area (Å²) in [4.78, 5) is 27.1. The number of aromatic amines is 1. The van der Waals surface area contributed by atoms with Gasteiger partial charge in [-0.05, 0) is 18.1 Å². The van der Waals surface area contributed by atoms with Gasteiger partial charge in [-0.3, -0.25) is 4.79 Å². The normalized spacial score (nSPS) is 10.6. The van der Waals surface area contributed by atoms with E-state index in [1.54, 1.807) is 25.1 Å². The van der Waals surface area contributed by atoms with Gasteiger partial charge in [0, 0.05) is 10.9 Å². The van der Waals surface area contributed by atoms with E-state index in [9.17, 15) is 9.59 Å². The standard InChI is InChI=1S/C14H12N4O4/c1-7-10(18-22-17-7)13(19)16-11-8-5-3-4-6-9(8)15-12(11)14(20)21-2/h3-6,15H,1-2H3,(H,16,19). The smallest absolute Gasteiger partial charge is 0.356 e. The predicted molar refractivity (Wildman–Crippen MR) is 76.6 cm³/mol. The molecule has 2 heterocycles. The molecule has 0 saturated heterocycles. The Hall–Kier alpha value is -3.16. The minimum Gasteiger partial charge on any atom is -0.464 e. The first-order valence-electron chi connectivity index (χ1n) is 6.41. The van der Waals surface area contributed by atoms with Crippen LogP contribution in [0.4, 0.5) is 5.69 Å². The molecule has 2 aromatic heterocycles. The minimum absolute atomic E-state index is 0.0566. The first kappa shape index (κ1) is 13.8. The average molecular weight is 300 g/mol. The topological polar surface area (TPSA) is 110 Å². The fourth-order valence-electron chi connectivity index (χ4n) is 2.14. The van der Waals surface area contributed by atoms with Gasteiger partial charge in [0.1, 0.15) is 11.4 Å². The number of benzene rings is 1. The highest BCUT2D eigenvalue weighted by Crippen LogP contribution is 2.28. The molecule has 0 saturated carbocycles. The Balaban J connectivity index is 2.07. The number of nitrogens with zero attached hydrogens (tertiary/aromatic N) is 2. The number of rotatable bonds is 3. The number of fused-ring (bicyclic) bond motifs is 1. The summed E-state index contributed by atoms with van der Waals surface area (Å²) in [5.74, 6) is -1.10. The van der Waals surface area contributed by atoms with Gasteiger partial charge in [0.2, 0.25) is 0 Å². The number of carbonyl (C=O) groups is 2. The third-order valence-corrected chi connectivity index (χ3v) is 3.20. The molecule has 8 heteroatoms. The summed E-state index contributed by atoms with van der Waals surface area (Å²) in [6.07, 6.45) is 0. The summed E-state index contributed by atoms with van der Waals surface area (Å²) >= 11 is 0. The molecule has 0 aliphatic carbocycles. The number of aryl methyl sites for hydroxylation is 1. The van der Waals surface area contributed by atoms with Crippen molar-refractivity contribution in [2.24, 2.45) is 0 Å². The maximum absolute atomic E-state index is 12.3. The molecule has 0 atom stereocenters. The quantitative estimate of drug-likeness (QED) is 0.715. The molecule has 0 unspecified atom stereocenters. The van der Waals surface area contributed by atoms with Crippen LogP contribution in [0.25, 0.3) is 10.9 Å². The number of aromatic nitrogens is 3. The monoisotopic (exact) mass is 300 g/mol. The van der Waals surface area contributed by atoms with Crippen molar-refractivity contribution >= 4 is 28.5 Å². The third-order valence-electron chi connectivity index (χ3n) is 3.20. The number of ether oxygens (including phenoxy) is 1. The highest BCUT2D eigenvalue weighted by molar-refractivity contribution is 6.14. The van der Waals surface area contributed by atoms with Crippen LogP contribution in [0.2, 0.25) is 0 Å². The zero-order valence-electron chi connectivity index (χ0n) is 11.8. The molecule has 22 heavy (non-hydrogen) atoms. The van der Waals surface area contributed by atoms with E-state index < -0.39 is 11.9 Å². The van der Waals surface area contributed by atoms with Crippen LogP contribution < -0.4 is 5.32 Å². The van der Waals surface area contributed by atoms with Crippen LogP contribution in [0, 0.1) is 6.92 Å². The van der Waals surface area contributed by atoms with E-state index in [-0.39, 0.29) is 11.4 Å². The van der Waals surface area contributed by atoms with Gasteiger partial charge in [0.15, 0.2) is 5.69 Å². The molecule has 112 valence electrons. The second-order valence-corrected chi connectivity index (χ2v) is 4.56. The van der Waals surface area contributed by atoms with Crippen molar-refractivity contribution in [3.8, 4) is 0 Å². The van der Waals surface area contributed by atoms with Gasteiger partial charge in [-0.15, -0.1) is 0 Å². The molecule has 0 bridgehead atoms. The average Bonchev–Trinajstić information content (AvgIpc) is 3.11. The summed E-state index contributed by atoms with van der Waals surface area (Å²) in [5, 5.41) is 10.4. The van der Waals surface area contributed by atoms with Crippen molar-refractivity contribution < 1.29 is 19.0 Å². The number of esters is 1. The van der Waals surface area contributed by atoms with E-state index in [1.165, 1.54) is 7.11 Å². The number of methoxy groups -OCH3 is 1. The van der Waals surface area contributed by atoms with Gasteiger partial charge in [-0.1, -0.05) is 23.4 Å². The van der Waals surface area contributed by atoms with Gasteiger partial charge in [-0.25, -0.2) is 9.42 Å². The SMILES string of the molecule is COC(=O)c1[nH]c2ccccc2c1NC(=O)c1nonc1C. The van der Waals surface area contributed by atoms with E-state index >= 15 is 0 Å². The molecule has 3 rings (SSSR count). The Morgan fingerprint density at radius 1 is 1.27 bits per heavy atom. The Morgan fingerprint density at radius 3 is 2.73 bits per heavy atom. The van der Waals surface area contributed by atoms with E-state index in [0.717, 1.165) is 0 Å². The Kier molecular flexibility index (Phi) is 3.34. The lowest BCUT2D eigenvalue weighted by molar-refractivity contribution is 0.0596. The lowest BCUT2D eigenvalue weighted by atomic mass is 10.2. The van der Waals surface area contributed by atoms with Crippen LogP contribution in [0.15, 0.2) is 28.9 Å². The van der Waals surface area contributed by atoms with E-state index in [0.29, 0.717) is 22.3 Å². The van der Waals surface area contributed by atoms with Crippen LogP contribution in [0.1, 0.15) is 26.7 Å². The van der Waals surface area contributed by atoms with Crippen LogP contribution in [-0.2, 0) is 4.74 Å². The molecule has 0 radical (unpaired) electrons. The summed E-state index contributed by atoms with van der Waals surface area (Å²) in [6.45, 7) is 1.60. The zero-order chi connectivity index (χ0) is 15.7. The molecule has 1 amide bonds. The number of amides is 1. The van der Waals surface area contributed by atoms with Gasteiger partial charge in [0.05, 0.1) is 12.8 Å². The summed E-state index contributed by atoms with van der Waals surface area (Å²) in [5.41, 5.74) is 1.60. The molecule has 8 nitrogen and oxygen atoms in total. The largest absolute Gasteiger partial charge is 0.464 e. The number of anilines is 1. The Morgan fingerprint density at radius 2 is 2.05 bits per heavy atom. The van der Waals surface area contributed by atoms with Crippen molar-refractivity contribution in [1.29, 1.82) is 0 Å². The third kappa shape index (κ3) is 2.20. The molecule has 0 fully saturated rings.